The minimum absolute atomic E-state index is 0.00468. The van der Waals surface area contributed by atoms with E-state index >= 15 is 0 Å². The van der Waals surface area contributed by atoms with Gasteiger partial charge in [0.15, 0.2) is 0 Å². The Bertz CT molecular complexity index is 164. The Hall–Kier alpha value is -0.560. The molecule has 0 rings (SSSR count). The topological polar surface area (TPSA) is 52.9 Å². The Morgan fingerprint density at radius 2 is 2.45 bits per heavy atom. The van der Waals surface area contributed by atoms with Gasteiger partial charge >= 0.3 is 0 Å². The van der Waals surface area contributed by atoms with Gasteiger partial charge < -0.3 is 5.32 Å². The average Bonchev–Trinajstić information content (AvgIpc) is 2.03. The van der Waals surface area contributed by atoms with Crippen molar-refractivity contribution in [2.75, 3.05) is 5.33 Å². The molecule has 1 N–H and O–H groups in total. The van der Waals surface area contributed by atoms with Crippen LogP contribution in [0.1, 0.15) is 19.8 Å². The van der Waals surface area contributed by atoms with E-state index in [2.05, 4.69) is 21.2 Å². The highest BCUT2D eigenvalue weighted by Crippen LogP contribution is 1.96. The summed E-state index contributed by atoms with van der Waals surface area (Å²) in [6.45, 7) is 1.94. The Morgan fingerprint density at radius 3 is 2.82 bits per heavy atom. The molecule has 0 saturated carbocycles. The van der Waals surface area contributed by atoms with Gasteiger partial charge in [-0.2, -0.15) is 5.26 Å². The summed E-state index contributed by atoms with van der Waals surface area (Å²) in [5.74, 6) is -0.0629. The molecule has 11 heavy (non-hydrogen) atoms. The zero-order valence-corrected chi connectivity index (χ0v) is 8.02. The summed E-state index contributed by atoms with van der Waals surface area (Å²) < 4.78 is 0. The van der Waals surface area contributed by atoms with E-state index in [0.29, 0.717) is 11.8 Å². The summed E-state index contributed by atoms with van der Waals surface area (Å²) in [6.07, 6.45) is 1.18. The first kappa shape index (κ1) is 10.4. The van der Waals surface area contributed by atoms with Crippen LogP contribution in [0.15, 0.2) is 0 Å². The fourth-order valence-corrected chi connectivity index (χ4v) is 0.836. The molecule has 1 atom stereocenters. The molecule has 0 aliphatic rings. The van der Waals surface area contributed by atoms with Gasteiger partial charge in [0, 0.05) is 6.04 Å². The van der Waals surface area contributed by atoms with Gasteiger partial charge in [-0.3, -0.25) is 4.79 Å². The molecule has 62 valence electrons. The van der Waals surface area contributed by atoms with Gasteiger partial charge in [0.05, 0.1) is 17.8 Å². The van der Waals surface area contributed by atoms with Gasteiger partial charge in [0.25, 0.3) is 0 Å². The van der Waals surface area contributed by atoms with Crippen LogP contribution >= 0.6 is 15.9 Å². The first-order valence-electron chi connectivity index (χ1n) is 3.46. The van der Waals surface area contributed by atoms with Crippen LogP contribution in [0.4, 0.5) is 0 Å². The minimum Gasteiger partial charge on any atom is -0.352 e. The van der Waals surface area contributed by atoms with Crippen molar-refractivity contribution in [1.29, 1.82) is 5.26 Å². The van der Waals surface area contributed by atoms with E-state index in [1.807, 2.05) is 13.0 Å². The van der Waals surface area contributed by atoms with Crippen LogP contribution < -0.4 is 5.32 Å². The SMILES string of the molecule is CCC(CC#N)NC(=O)CBr. The van der Waals surface area contributed by atoms with Gasteiger partial charge in [0.1, 0.15) is 0 Å². The highest BCUT2D eigenvalue weighted by molar-refractivity contribution is 9.09. The Morgan fingerprint density at radius 1 is 1.82 bits per heavy atom. The molecular weight excluding hydrogens is 208 g/mol. The molecule has 3 nitrogen and oxygen atoms in total. The zero-order chi connectivity index (χ0) is 8.69. The molecule has 0 aliphatic carbocycles. The van der Waals surface area contributed by atoms with Gasteiger partial charge in [-0.1, -0.05) is 22.9 Å². The number of halogens is 1. The van der Waals surface area contributed by atoms with Crippen molar-refractivity contribution < 1.29 is 4.79 Å². The molecule has 0 aromatic carbocycles. The maximum atomic E-state index is 10.8. The van der Waals surface area contributed by atoms with Crippen molar-refractivity contribution in [3.05, 3.63) is 0 Å². The van der Waals surface area contributed by atoms with Crippen LogP contribution in [0.5, 0.6) is 0 Å². The zero-order valence-electron chi connectivity index (χ0n) is 6.43. The van der Waals surface area contributed by atoms with Crippen molar-refractivity contribution >= 4 is 21.8 Å². The predicted molar refractivity (Wildman–Crippen MR) is 46.2 cm³/mol. The van der Waals surface area contributed by atoms with E-state index in [4.69, 9.17) is 5.26 Å². The molecule has 1 unspecified atom stereocenters. The van der Waals surface area contributed by atoms with Crippen LogP contribution in [0, 0.1) is 11.3 Å². The third kappa shape index (κ3) is 4.79. The summed E-state index contributed by atoms with van der Waals surface area (Å²) in [6, 6.07) is 2.02. The summed E-state index contributed by atoms with van der Waals surface area (Å²) in [4.78, 5) is 10.8. The van der Waals surface area contributed by atoms with E-state index < -0.39 is 0 Å². The smallest absolute Gasteiger partial charge is 0.230 e. The molecule has 0 heterocycles. The lowest BCUT2D eigenvalue weighted by Crippen LogP contribution is -2.34. The molecule has 0 fully saturated rings. The third-order valence-corrected chi connectivity index (χ3v) is 1.83. The lowest BCUT2D eigenvalue weighted by atomic mass is 10.2. The summed E-state index contributed by atoms with van der Waals surface area (Å²) in [5.41, 5.74) is 0. The monoisotopic (exact) mass is 218 g/mol. The molecule has 0 aromatic heterocycles. The van der Waals surface area contributed by atoms with Gasteiger partial charge in [-0.15, -0.1) is 0 Å². The second kappa shape index (κ2) is 6.17. The van der Waals surface area contributed by atoms with E-state index in [1.165, 1.54) is 0 Å². The Labute approximate surface area is 74.9 Å². The van der Waals surface area contributed by atoms with Crippen molar-refractivity contribution in [1.82, 2.24) is 5.32 Å². The van der Waals surface area contributed by atoms with E-state index in [1.54, 1.807) is 0 Å². The molecule has 0 radical (unpaired) electrons. The molecule has 0 spiro atoms. The summed E-state index contributed by atoms with van der Waals surface area (Å²) >= 11 is 3.03. The molecular formula is C7H11BrN2O. The second-order valence-electron chi connectivity index (χ2n) is 2.17. The molecule has 0 aromatic rings. The number of amides is 1. The van der Waals surface area contributed by atoms with Crippen LogP contribution in [0.25, 0.3) is 0 Å². The molecule has 0 aliphatic heterocycles. The number of nitrogens with one attached hydrogen (secondary N) is 1. The van der Waals surface area contributed by atoms with Gasteiger partial charge in [0.2, 0.25) is 5.91 Å². The standard InChI is InChI=1S/C7H11BrN2O/c1-2-6(3-4-9)10-7(11)5-8/h6H,2-3,5H2,1H3,(H,10,11). The van der Waals surface area contributed by atoms with E-state index in [-0.39, 0.29) is 11.9 Å². The highest BCUT2D eigenvalue weighted by Gasteiger charge is 2.07. The van der Waals surface area contributed by atoms with Crippen LogP contribution in [0.2, 0.25) is 0 Å². The molecule has 1 amide bonds. The lowest BCUT2D eigenvalue weighted by Gasteiger charge is -2.11. The van der Waals surface area contributed by atoms with Crippen LogP contribution in [-0.2, 0) is 4.79 Å². The van der Waals surface area contributed by atoms with Crippen molar-refractivity contribution in [3.63, 3.8) is 0 Å². The molecule has 4 heteroatoms. The number of alkyl halides is 1. The number of hydrogen-bond donors (Lipinski definition) is 1. The van der Waals surface area contributed by atoms with Gasteiger partial charge in [-0.25, -0.2) is 0 Å². The fraction of sp³-hybridized carbons (Fsp3) is 0.714. The fourth-order valence-electron chi connectivity index (χ4n) is 0.674. The van der Waals surface area contributed by atoms with Crippen LogP contribution in [0.3, 0.4) is 0 Å². The predicted octanol–water partition coefficient (Wildman–Crippen LogP) is 1.19. The van der Waals surface area contributed by atoms with Crippen molar-refractivity contribution in [2.45, 2.75) is 25.8 Å². The molecule has 0 saturated heterocycles. The van der Waals surface area contributed by atoms with Crippen molar-refractivity contribution in [3.8, 4) is 6.07 Å². The van der Waals surface area contributed by atoms with Crippen molar-refractivity contribution in [2.24, 2.45) is 0 Å². The lowest BCUT2D eigenvalue weighted by molar-refractivity contribution is -0.119. The van der Waals surface area contributed by atoms with E-state index in [0.717, 1.165) is 6.42 Å². The Kier molecular flexibility index (Phi) is 5.86. The minimum atomic E-state index is -0.0629. The highest BCUT2D eigenvalue weighted by atomic mass is 79.9. The Balaban J connectivity index is 3.70. The quantitative estimate of drug-likeness (QED) is 0.722. The van der Waals surface area contributed by atoms with E-state index in [9.17, 15) is 4.79 Å². The summed E-state index contributed by atoms with van der Waals surface area (Å²) in [7, 11) is 0. The number of carbonyl (C=O) groups excluding carboxylic acids is 1. The summed E-state index contributed by atoms with van der Waals surface area (Å²) in [5, 5.41) is 11.3. The second-order valence-corrected chi connectivity index (χ2v) is 2.73. The first-order valence-corrected chi connectivity index (χ1v) is 4.59. The van der Waals surface area contributed by atoms with Gasteiger partial charge in [-0.05, 0) is 6.42 Å². The number of nitrogens with zero attached hydrogens (tertiary/aromatic N) is 1. The third-order valence-electron chi connectivity index (χ3n) is 1.32. The maximum absolute atomic E-state index is 10.8. The average molecular weight is 219 g/mol. The number of rotatable bonds is 4. The number of nitriles is 1. The number of carbonyl (C=O) groups is 1. The van der Waals surface area contributed by atoms with Crippen LogP contribution in [-0.4, -0.2) is 17.3 Å². The molecule has 0 bridgehead atoms. The normalized spacial score (nSPS) is 11.7. The largest absolute Gasteiger partial charge is 0.352 e. The first-order chi connectivity index (χ1) is 5.24. The number of hydrogen-bond acceptors (Lipinski definition) is 2. The maximum Gasteiger partial charge on any atom is 0.230 e.